The minimum Gasteiger partial charge on any atom is -0.491 e. The predicted molar refractivity (Wildman–Crippen MR) is 176 cm³/mol. The molecule has 3 aromatic carbocycles. The van der Waals surface area contributed by atoms with Crippen LogP contribution in [0.15, 0.2) is 84.2 Å². The van der Waals surface area contributed by atoms with Gasteiger partial charge in [0.2, 0.25) is 5.79 Å². The fraction of sp³-hybridized carbons (Fsp3) is 0.333. The molecule has 0 bridgehead atoms. The van der Waals surface area contributed by atoms with Crippen molar-refractivity contribution in [1.82, 2.24) is 18.7 Å². The Kier molecular flexibility index (Phi) is 7.99. The standard InChI is InChI=1S/C33H34Cl2N6O4/c1-37-30-10-6-25(18-31(30)38(2)32(37)42)41-15-13-40(14-16-41)24-4-7-26(8-5-24)43-19-27-20-44-33(45-27,21-39-12-11-36-22-39)28-9-3-23(34)17-29(28)35/h3-12,17-18,22,27H,13-16,19-21H2,1-2H3. The fourth-order valence-electron chi connectivity index (χ4n) is 6.23. The Morgan fingerprint density at radius 3 is 2.33 bits per heavy atom. The lowest BCUT2D eigenvalue weighted by atomic mass is 10.1. The molecule has 2 unspecified atom stereocenters. The first-order valence-electron chi connectivity index (χ1n) is 14.9. The van der Waals surface area contributed by atoms with Crippen LogP contribution in [0, 0.1) is 0 Å². The van der Waals surface area contributed by atoms with Crippen molar-refractivity contribution in [2.24, 2.45) is 14.1 Å². The minimum atomic E-state index is -1.09. The van der Waals surface area contributed by atoms with Crippen molar-refractivity contribution in [1.29, 1.82) is 0 Å². The molecule has 2 saturated heterocycles. The molecule has 0 amide bonds. The lowest BCUT2D eigenvalue weighted by Gasteiger charge is -2.37. The third-order valence-electron chi connectivity index (χ3n) is 8.69. The predicted octanol–water partition coefficient (Wildman–Crippen LogP) is 5.05. The van der Waals surface area contributed by atoms with Crippen molar-refractivity contribution in [3.63, 3.8) is 0 Å². The van der Waals surface area contributed by atoms with Crippen LogP contribution in [0.3, 0.4) is 0 Å². The van der Waals surface area contributed by atoms with E-state index < -0.39 is 5.79 Å². The molecule has 2 aromatic heterocycles. The molecular formula is C33H34Cl2N6O4. The van der Waals surface area contributed by atoms with E-state index in [4.69, 9.17) is 37.4 Å². The molecule has 234 valence electrons. The first kappa shape index (κ1) is 29.7. The van der Waals surface area contributed by atoms with E-state index in [-0.39, 0.29) is 11.8 Å². The summed E-state index contributed by atoms with van der Waals surface area (Å²) >= 11 is 12.8. The van der Waals surface area contributed by atoms with Crippen LogP contribution in [0.5, 0.6) is 5.75 Å². The summed E-state index contributed by atoms with van der Waals surface area (Å²) in [5, 5.41) is 1.02. The molecule has 0 radical (unpaired) electrons. The van der Waals surface area contributed by atoms with E-state index in [9.17, 15) is 4.79 Å². The van der Waals surface area contributed by atoms with Crippen molar-refractivity contribution in [3.8, 4) is 5.75 Å². The summed E-state index contributed by atoms with van der Waals surface area (Å²) in [7, 11) is 3.63. The van der Waals surface area contributed by atoms with E-state index >= 15 is 0 Å². The summed E-state index contributed by atoms with van der Waals surface area (Å²) in [4.78, 5) is 21.2. The number of halogens is 2. The van der Waals surface area contributed by atoms with Gasteiger partial charge >= 0.3 is 5.69 Å². The molecule has 0 saturated carbocycles. The molecule has 0 aliphatic carbocycles. The highest BCUT2D eigenvalue weighted by molar-refractivity contribution is 6.35. The van der Waals surface area contributed by atoms with E-state index in [1.165, 1.54) is 0 Å². The molecule has 7 rings (SSSR count). The summed E-state index contributed by atoms with van der Waals surface area (Å²) in [6.07, 6.45) is 4.99. The Morgan fingerprint density at radius 2 is 1.62 bits per heavy atom. The van der Waals surface area contributed by atoms with Gasteiger partial charge in [0.05, 0.1) is 35.5 Å². The van der Waals surface area contributed by atoms with Gasteiger partial charge in [0, 0.05) is 74.6 Å². The number of benzene rings is 3. The quantitative estimate of drug-likeness (QED) is 0.233. The highest BCUT2D eigenvalue weighted by Gasteiger charge is 2.45. The number of piperazine rings is 1. The fourth-order valence-corrected chi connectivity index (χ4v) is 6.78. The number of ether oxygens (including phenoxy) is 3. The third kappa shape index (κ3) is 5.79. The number of anilines is 2. The lowest BCUT2D eigenvalue weighted by Crippen LogP contribution is -2.46. The highest BCUT2D eigenvalue weighted by atomic mass is 35.5. The summed E-state index contributed by atoms with van der Waals surface area (Å²) < 4.78 is 24.2. The SMILES string of the molecule is Cn1c(=O)n(C)c2cc(N3CCN(c4ccc(OCC5COC(Cn6ccnc6)(c6ccc(Cl)cc6Cl)O5)cc4)CC3)ccc21. The smallest absolute Gasteiger partial charge is 0.328 e. The van der Waals surface area contributed by atoms with Crippen LogP contribution in [0.4, 0.5) is 11.4 Å². The zero-order valence-electron chi connectivity index (χ0n) is 25.1. The molecule has 2 aliphatic rings. The zero-order chi connectivity index (χ0) is 31.1. The molecule has 4 heterocycles. The van der Waals surface area contributed by atoms with Gasteiger partial charge in [-0.25, -0.2) is 9.78 Å². The largest absolute Gasteiger partial charge is 0.491 e. The van der Waals surface area contributed by atoms with Crippen molar-refractivity contribution in [2.75, 3.05) is 49.2 Å². The van der Waals surface area contributed by atoms with Crippen molar-refractivity contribution < 1.29 is 14.2 Å². The molecule has 45 heavy (non-hydrogen) atoms. The number of aromatic nitrogens is 4. The van der Waals surface area contributed by atoms with E-state index in [0.717, 1.165) is 54.3 Å². The first-order valence-corrected chi connectivity index (χ1v) is 15.7. The Bertz CT molecular complexity index is 1860. The number of nitrogens with zero attached hydrogens (tertiary/aromatic N) is 6. The maximum Gasteiger partial charge on any atom is 0.328 e. The van der Waals surface area contributed by atoms with Crippen LogP contribution < -0.4 is 20.2 Å². The van der Waals surface area contributed by atoms with Gasteiger partial charge < -0.3 is 28.6 Å². The Balaban J connectivity index is 0.961. The summed E-state index contributed by atoms with van der Waals surface area (Å²) in [6.45, 7) is 4.63. The number of rotatable bonds is 8. The van der Waals surface area contributed by atoms with Crippen LogP contribution in [0.25, 0.3) is 11.0 Å². The highest BCUT2D eigenvalue weighted by Crippen LogP contribution is 2.40. The number of hydrogen-bond donors (Lipinski definition) is 0. The molecule has 5 aromatic rings. The van der Waals surface area contributed by atoms with E-state index in [0.29, 0.717) is 35.4 Å². The minimum absolute atomic E-state index is 0.00920. The zero-order valence-corrected chi connectivity index (χ0v) is 26.6. The van der Waals surface area contributed by atoms with E-state index in [1.807, 2.05) is 49.1 Å². The van der Waals surface area contributed by atoms with Crippen molar-refractivity contribution in [3.05, 3.63) is 105 Å². The van der Waals surface area contributed by atoms with Crippen LogP contribution in [0.1, 0.15) is 5.56 Å². The molecular weight excluding hydrogens is 615 g/mol. The van der Waals surface area contributed by atoms with Crippen LogP contribution in [-0.4, -0.2) is 64.2 Å². The topological polar surface area (TPSA) is 78.9 Å². The second-order valence-corrected chi connectivity index (χ2v) is 12.4. The molecule has 2 fully saturated rings. The van der Waals surface area contributed by atoms with Gasteiger partial charge in [-0.05, 0) is 54.6 Å². The first-order chi connectivity index (χ1) is 21.8. The Hall–Kier alpha value is -3.96. The summed E-state index contributed by atoms with van der Waals surface area (Å²) in [5.74, 6) is -0.328. The van der Waals surface area contributed by atoms with Crippen LogP contribution in [0.2, 0.25) is 10.0 Å². The van der Waals surface area contributed by atoms with Gasteiger partial charge in [-0.15, -0.1) is 0 Å². The van der Waals surface area contributed by atoms with Gasteiger partial charge in [-0.3, -0.25) is 9.13 Å². The van der Waals surface area contributed by atoms with Gasteiger partial charge in [0.25, 0.3) is 0 Å². The van der Waals surface area contributed by atoms with Crippen LogP contribution in [-0.2, 0) is 35.9 Å². The average Bonchev–Trinajstić information content (AvgIpc) is 3.77. The van der Waals surface area contributed by atoms with Gasteiger partial charge in [-0.1, -0.05) is 29.3 Å². The number of aryl methyl sites for hydroxylation is 2. The van der Waals surface area contributed by atoms with Crippen molar-refractivity contribution >= 4 is 45.6 Å². The van der Waals surface area contributed by atoms with E-state index in [2.05, 4.69) is 39.0 Å². The van der Waals surface area contributed by atoms with E-state index in [1.54, 1.807) is 33.8 Å². The third-order valence-corrected chi connectivity index (χ3v) is 9.24. The molecule has 2 atom stereocenters. The normalized spacial score (nSPS) is 20.3. The second kappa shape index (κ2) is 12.1. The Labute approximate surface area is 270 Å². The molecule has 10 nitrogen and oxygen atoms in total. The van der Waals surface area contributed by atoms with Gasteiger partial charge in [-0.2, -0.15) is 0 Å². The molecule has 0 N–H and O–H groups in total. The number of imidazole rings is 2. The summed E-state index contributed by atoms with van der Waals surface area (Å²) in [6, 6.07) is 19.8. The lowest BCUT2D eigenvalue weighted by molar-refractivity contribution is -0.189. The maximum atomic E-state index is 12.3. The average molecular weight is 650 g/mol. The molecule has 2 aliphatic heterocycles. The maximum absolute atomic E-state index is 12.3. The molecule has 12 heteroatoms. The summed E-state index contributed by atoms with van der Waals surface area (Å²) in [5.41, 5.74) is 4.88. The van der Waals surface area contributed by atoms with Gasteiger partial charge in [0.15, 0.2) is 0 Å². The Morgan fingerprint density at radius 1 is 0.911 bits per heavy atom. The number of hydrogen-bond acceptors (Lipinski definition) is 7. The van der Waals surface area contributed by atoms with Gasteiger partial charge in [0.1, 0.15) is 18.5 Å². The second-order valence-electron chi connectivity index (χ2n) is 11.5. The van der Waals surface area contributed by atoms with Crippen LogP contribution >= 0.6 is 23.2 Å². The monoisotopic (exact) mass is 648 g/mol. The molecule has 0 spiro atoms. The van der Waals surface area contributed by atoms with Crippen molar-refractivity contribution in [2.45, 2.75) is 18.4 Å². The number of fused-ring (bicyclic) bond motifs is 1.